The monoisotopic (exact) mass is 343 g/mol. The molecule has 2 aromatic rings. The molecule has 2 aromatic carbocycles. The number of phenols is 1. The van der Waals surface area contributed by atoms with E-state index in [9.17, 15) is 20.0 Å². The van der Waals surface area contributed by atoms with Gasteiger partial charge in [-0.1, -0.05) is 29.8 Å². The third-order valence-corrected chi connectivity index (χ3v) is 3.38. The minimum Gasteiger partial charge on any atom is -0.500 e. The maximum absolute atomic E-state index is 11.8. The Morgan fingerprint density at radius 2 is 2.04 bits per heavy atom. The number of carbonyl (C=O) groups excluding carboxylic acids is 1. The summed E-state index contributed by atoms with van der Waals surface area (Å²) in [5.41, 5.74) is 4.10. The van der Waals surface area contributed by atoms with Crippen molar-refractivity contribution in [2.24, 2.45) is 5.10 Å². The summed E-state index contributed by atoms with van der Waals surface area (Å²) in [4.78, 5) is 22.0. The number of nitrogens with one attached hydrogen (secondary N) is 1. The molecule has 2 N–H and O–H groups in total. The van der Waals surface area contributed by atoms with Gasteiger partial charge in [-0.15, -0.1) is 0 Å². The van der Waals surface area contributed by atoms with E-state index < -0.39 is 16.4 Å². The Balaban J connectivity index is 2.06. The molecule has 0 fully saturated rings. The average Bonchev–Trinajstić information content (AvgIpc) is 2.58. The summed E-state index contributed by atoms with van der Waals surface area (Å²) in [6, 6.07) is 10.0. The number of methoxy groups -OCH3 is 1. The number of ether oxygens (including phenoxy) is 1. The molecule has 1 amide bonds. The molecule has 8 heteroatoms. The fraction of sp³-hybridized carbons (Fsp3) is 0.176. The normalized spacial score (nSPS) is 10.6. The molecular formula is C17H17N3O5. The van der Waals surface area contributed by atoms with Crippen LogP contribution in [0.4, 0.5) is 5.69 Å². The van der Waals surface area contributed by atoms with Crippen LogP contribution in [0, 0.1) is 17.0 Å². The van der Waals surface area contributed by atoms with Crippen molar-refractivity contribution in [1.82, 2.24) is 5.43 Å². The first kappa shape index (κ1) is 17.9. The Labute approximate surface area is 143 Å². The number of carbonyl (C=O) groups is 1. The first-order valence-electron chi connectivity index (χ1n) is 7.33. The minimum absolute atomic E-state index is 0.0540. The van der Waals surface area contributed by atoms with Crippen LogP contribution in [0.2, 0.25) is 0 Å². The van der Waals surface area contributed by atoms with E-state index in [-0.39, 0.29) is 18.1 Å². The molecule has 0 aliphatic carbocycles. The first-order valence-corrected chi connectivity index (χ1v) is 7.33. The highest BCUT2D eigenvalue weighted by Gasteiger charge is 2.19. The number of benzene rings is 2. The fourth-order valence-corrected chi connectivity index (χ4v) is 2.09. The summed E-state index contributed by atoms with van der Waals surface area (Å²) in [6.07, 6.45) is 1.40. The number of rotatable bonds is 6. The van der Waals surface area contributed by atoms with Gasteiger partial charge in [0.1, 0.15) is 0 Å². The molecular weight excluding hydrogens is 326 g/mol. The maximum atomic E-state index is 11.8. The van der Waals surface area contributed by atoms with Crippen molar-refractivity contribution in [2.45, 2.75) is 13.3 Å². The Morgan fingerprint density at radius 3 is 2.64 bits per heavy atom. The number of phenolic OH excluding ortho intramolecular Hbond substituents is 1. The van der Waals surface area contributed by atoms with Gasteiger partial charge in [-0.3, -0.25) is 14.9 Å². The fourth-order valence-electron chi connectivity index (χ4n) is 2.09. The molecule has 0 aliphatic heterocycles. The van der Waals surface area contributed by atoms with Gasteiger partial charge in [0, 0.05) is 11.6 Å². The van der Waals surface area contributed by atoms with Crippen LogP contribution >= 0.6 is 0 Å². The van der Waals surface area contributed by atoms with Crippen LogP contribution in [0.1, 0.15) is 16.7 Å². The van der Waals surface area contributed by atoms with E-state index in [1.807, 2.05) is 31.2 Å². The lowest BCUT2D eigenvalue weighted by atomic mass is 10.1. The number of nitrogens with zero attached hydrogens (tertiary/aromatic N) is 2. The lowest BCUT2D eigenvalue weighted by Crippen LogP contribution is -2.19. The number of nitro benzene ring substituents is 1. The van der Waals surface area contributed by atoms with Gasteiger partial charge < -0.3 is 9.84 Å². The zero-order valence-electron chi connectivity index (χ0n) is 13.7. The first-order chi connectivity index (χ1) is 11.9. The lowest BCUT2D eigenvalue weighted by Gasteiger charge is -2.05. The van der Waals surface area contributed by atoms with Gasteiger partial charge in [-0.2, -0.15) is 5.10 Å². The van der Waals surface area contributed by atoms with Gasteiger partial charge in [0.2, 0.25) is 11.7 Å². The molecule has 0 unspecified atom stereocenters. The van der Waals surface area contributed by atoms with Crippen LogP contribution < -0.4 is 10.2 Å². The second-order valence-electron chi connectivity index (χ2n) is 5.30. The van der Waals surface area contributed by atoms with Crippen LogP contribution in [0.5, 0.6) is 11.5 Å². The summed E-state index contributed by atoms with van der Waals surface area (Å²) in [5, 5.41) is 24.4. The van der Waals surface area contributed by atoms with Gasteiger partial charge in [-0.05, 0) is 18.6 Å². The van der Waals surface area contributed by atoms with E-state index in [0.717, 1.165) is 17.2 Å². The third-order valence-electron chi connectivity index (χ3n) is 3.38. The second kappa shape index (κ2) is 7.91. The lowest BCUT2D eigenvalue weighted by molar-refractivity contribution is -0.386. The summed E-state index contributed by atoms with van der Waals surface area (Å²) in [6.45, 7) is 1.96. The molecule has 0 bridgehead atoms. The van der Waals surface area contributed by atoms with E-state index in [4.69, 9.17) is 4.74 Å². The largest absolute Gasteiger partial charge is 0.500 e. The highest BCUT2D eigenvalue weighted by molar-refractivity contribution is 5.85. The molecule has 0 spiro atoms. The summed E-state index contributed by atoms with van der Waals surface area (Å²) < 4.78 is 4.89. The highest BCUT2D eigenvalue weighted by atomic mass is 16.6. The zero-order chi connectivity index (χ0) is 18.4. The molecule has 0 radical (unpaired) electrons. The van der Waals surface area contributed by atoms with Crippen molar-refractivity contribution < 1.29 is 19.6 Å². The van der Waals surface area contributed by atoms with Gasteiger partial charge in [0.05, 0.1) is 24.7 Å². The van der Waals surface area contributed by atoms with Crippen molar-refractivity contribution in [3.05, 3.63) is 63.2 Å². The maximum Gasteiger partial charge on any atom is 0.315 e. The Hall–Kier alpha value is -3.42. The zero-order valence-corrected chi connectivity index (χ0v) is 13.7. The topological polar surface area (TPSA) is 114 Å². The molecule has 0 aromatic heterocycles. The number of hydrogen-bond donors (Lipinski definition) is 2. The SMILES string of the molecule is COc1cc(/C=N/NC(=O)Cc2ccc(C)cc2)cc([N+](=O)[O-])c1O. The predicted octanol–water partition coefficient (Wildman–Crippen LogP) is 2.31. The van der Waals surface area contributed by atoms with Crippen molar-refractivity contribution in [1.29, 1.82) is 0 Å². The molecule has 2 rings (SSSR count). The van der Waals surface area contributed by atoms with Crippen LogP contribution in [0.3, 0.4) is 0 Å². The number of hydrogen-bond acceptors (Lipinski definition) is 6. The highest BCUT2D eigenvalue weighted by Crippen LogP contribution is 2.36. The minimum atomic E-state index is -0.731. The van der Waals surface area contributed by atoms with Crippen molar-refractivity contribution in [2.75, 3.05) is 7.11 Å². The second-order valence-corrected chi connectivity index (χ2v) is 5.30. The van der Waals surface area contributed by atoms with E-state index in [2.05, 4.69) is 10.5 Å². The molecule has 130 valence electrons. The summed E-state index contributed by atoms with van der Waals surface area (Å²) >= 11 is 0. The summed E-state index contributed by atoms with van der Waals surface area (Å²) in [5.74, 6) is -0.935. The van der Waals surface area contributed by atoms with Crippen molar-refractivity contribution in [3.63, 3.8) is 0 Å². The standard InChI is InChI=1S/C17H17N3O5/c1-11-3-5-12(6-4-11)9-16(21)19-18-10-13-7-14(20(23)24)17(22)15(8-13)25-2/h3-8,10,22H,9H2,1-2H3,(H,19,21)/b18-10+. The molecule has 0 heterocycles. The van der Waals surface area contributed by atoms with Crippen LogP contribution in [-0.2, 0) is 11.2 Å². The summed E-state index contributed by atoms with van der Waals surface area (Å²) in [7, 11) is 1.28. The van der Waals surface area contributed by atoms with Crippen LogP contribution in [-0.4, -0.2) is 29.3 Å². The molecule has 8 nitrogen and oxygen atoms in total. The number of aryl methyl sites for hydroxylation is 1. The molecule has 25 heavy (non-hydrogen) atoms. The molecule has 0 aliphatic rings. The molecule has 0 atom stereocenters. The van der Waals surface area contributed by atoms with Gasteiger partial charge in [0.15, 0.2) is 5.75 Å². The van der Waals surface area contributed by atoms with E-state index in [0.29, 0.717) is 5.56 Å². The number of hydrazone groups is 1. The van der Waals surface area contributed by atoms with Gasteiger partial charge in [-0.25, -0.2) is 5.43 Å². The van der Waals surface area contributed by atoms with Gasteiger partial charge >= 0.3 is 5.69 Å². The Kier molecular flexibility index (Phi) is 5.67. The number of aromatic hydroxyl groups is 1. The number of nitro groups is 1. The van der Waals surface area contributed by atoms with E-state index in [1.54, 1.807) is 0 Å². The van der Waals surface area contributed by atoms with Crippen molar-refractivity contribution in [3.8, 4) is 11.5 Å². The van der Waals surface area contributed by atoms with Crippen LogP contribution in [0.25, 0.3) is 0 Å². The van der Waals surface area contributed by atoms with Crippen LogP contribution in [0.15, 0.2) is 41.5 Å². The Morgan fingerprint density at radius 1 is 1.36 bits per heavy atom. The third kappa shape index (κ3) is 4.77. The molecule has 0 saturated heterocycles. The van der Waals surface area contributed by atoms with Gasteiger partial charge in [0.25, 0.3) is 0 Å². The smallest absolute Gasteiger partial charge is 0.315 e. The number of amides is 1. The van der Waals surface area contributed by atoms with Crippen molar-refractivity contribution >= 4 is 17.8 Å². The quantitative estimate of drug-likeness (QED) is 0.474. The predicted molar refractivity (Wildman–Crippen MR) is 91.9 cm³/mol. The molecule has 0 saturated carbocycles. The Bertz CT molecular complexity index is 816. The average molecular weight is 343 g/mol. The van der Waals surface area contributed by atoms with E-state index in [1.165, 1.54) is 19.4 Å². The van der Waals surface area contributed by atoms with E-state index >= 15 is 0 Å².